The molecule has 142 valence electrons. The number of carboxylic acid groups (broad SMARTS) is 1. The van der Waals surface area contributed by atoms with Crippen LogP contribution in [0.1, 0.15) is 35.2 Å². The first-order valence-electron chi connectivity index (χ1n) is 9.36. The summed E-state index contributed by atoms with van der Waals surface area (Å²) < 4.78 is 0. The zero-order valence-corrected chi connectivity index (χ0v) is 15.4. The average Bonchev–Trinajstić information content (AvgIpc) is 3.15. The Labute approximate surface area is 163 Å². The molecular weight excluding hydrogens is 354 g/mol. The number of hydrogen-bond donors (Lipinski definition) is 1. The highest BCUT2D eigenvalue weighted by molar-refractivity contribution is 5.98. The molecule has 1 N–H and O–H groups in total. The van der Waals surface area contributed by atoms with Gasteiger partial charge in [0.2, 0.25) is 0 Å². The maximum Gasteiger partial charge on any atom is 0.253 e. The van der Waals surface area contributed by atoms with Gasteiger partial charge in [0.05, 0.1) is 5.69 Å². The fourth-order valence-corrected chi connectivity index (χ4v) is 3.55. The number of aliphatic imine (C=N–C) groups is 1. The van der Waals surface area contributed by atoms with Crippen molar-refractivity contribution in [2.75, 3.05) is 13.1 Å². The number of amidine groups is 1. The molecule has 2 aromatic rings. The van der Waals surface area contributed by atoms with Crippen molar-refractivity contribution in [3.05, 3.63) is 59.7 Å². The van der Waals surface area contributed by atoms with Gasteiger partial charge >= 0.3 is 0 Å². The molecule has 0 aliphatic carbocycles. The first-order chi connectivity index (χ1) is 13.6. The highest BCUT2D eigenvalue weighted by Crippen LogP contribution is 2.30. The second-order valence-electron chi connectivity index (χ2n) is 6.93. The molecule has 2 amide bonds. The number of fused-ring (bicyclic) bond motifs is 1. The summed E-state index contributed by atoms with van der Waals surface area (Å²) in [6.45, 7) is 1.67. The van der Waals surface area contributed by atoms with Gasteiger partial charge in [0.25, 0.3) is 5.91 Å². The van der Waals surface area contributed by atoms with Gasteiger partial charge in [-0.25, -0.2) is 4.99 Å². The van der Waals surface area contributed by atoms with Gasteiger partial charge in [0.1, 0.15) is 11.9 Å². The van der Waals surface area contributed by atoms with Crippen molar-refractivity contribution >= 4 is 29.6 Å². The van der Waals surface area contributed by atoms with Crippen LogP contribution in [0.4, 0.5) is 10.5 Å². The van der Waals surface area contributed by atoms with Crippen LogP contribution >= 0.6 is 0 Å². The molecule has 0 bridgehead atoms. The lowest BCUT2D eigenvalue weighted by molar-refractivity contribution is -0.248. The fraction of sp³-hybridized carbons (Fsp3) is 0.227. The first kappa shape index (κ1) is 18.0. The Balaban J connectivity index is 1.60. The maximum absolute atomic E-state index is 12.5. The molecule has 2 heterocycles. The van der Waals surface area contributed by atoms with Gasteiger partial charge in [0, 0.05) is 25.1 Å². The summed E-state index contributed by atoms with van der Waals surface area (Å²) in [6, 6.07) is 13.4. The molecule has 0 radical (unpaired) electrons. The summed E-state index contributed by atoms with van der Waals surface area (Å²) >= 11 is 0. The number of benzene rings is 2. The van der Waals surface area contributed by atoms with Crippen molar-refractivity contribution in [1.82, 2.24) is 10.2 Å². The van der Waals surface area contributed by atoms with Gasteiger partial charge < -0.3 is 20.1 Å². The van der Waals surface area contributed by atoms with Crippen molar-refractivity contribution in [3.63, 3.8) is 0 Å². The molecule has 2 aliphatic rings. The van der Waals surface area contributed by atoms with Gasteiger partial charge in [-0.15, -0.1) is 0 Å². The lowest BCUT2D eigenvalue weighted by Gasteiger charge is -2.15. The molecule has 1 saturated heterocycles. The number of amides is 2. The van der Waals surface area contributed by atoms with E-state index in [1.54, 1.807) is 0 Å². The zero-order valence-electron chi connectivity index (χ0n) is 15.4. The van der Waals surface area contributed by atoms with Gasteiger partial charge in [-0.2, -0.15) is 0 Å². The Bertz CT molecular complexity index is 971. The number of likely N-dealkylation sites (tertiary alicyclic amines) is 1. The van der Waals surface area contributed by atoms with E-state index in [1.807, 2.05) is 59.5 Å². The molecule has 4 rings (SSSR count). The second-order valence-corrected chi connectivity index (χ2v) is 6.93. The van der Waals surface area contributed by atoms with E-state index >= 15 is 0 Å². The van der Waals surface area contributed by atoms with Crippen molar-refractivity contribution < 1.29 is 14.7 Å². The lowest BCUT2D eigenvalue weighted by atomic mass is 10.0. The van der Waals surface area contributed by atoms with Crippen LogP contribution in [0.25, 0.3) is 17.2 Å². The molecule has 1 fully saturated rings. The van der Waals surface area contributed by atoms with E-state index in [-0.39, 0.29) is 5.91 Å². The summed E-state index contributed by atoms with van der Waals surface area (Å²) in [5.74, 6) is 0.414. The molecule has 0 aromatic heterocycles. The molecule has 6 heteroatoms. The second kappa shape index (κ2) is 7.68. The fourth-order valence-electron chi connectivity index (χ4n) is 3.55. The zero-order chi connectivity index (χ0) is 19.5. The van der Waals surface area contributed by atoms with E-state index in [2.05, 4.69) is 10.3 Å². The normalized spacial score (nSPS) is 15.6. The molecule has 0 spiro atoms. The van der Waals surface area contributed by atoms with Crippen molar-refractivity contribution in [2.24, 2.45) is 4.99 Å². The van der Waals surface area contributed by atoms with Crippen molar-refractivity contribution in [2.45, 2.75) is 19.3 Å². The number of rotatable bonds is 2. The molecule has 2 aliphatic heterocycles. The minimum absolute atomic E-state index is 0.0821. The minimum Gasteiger partial charge on any atom is -0.530 e. The van der Waals surface area contributed by atoms with Crippen LogP contribution in [-0.4, -0.2) is 35.8 Å². The highest BCUT2D eigenvalue weighted by Gasteiger charge is 2.19. The largest absolute Gasteiger partial charge is 0.530 e. The Morgan fingerprint density at radius 2 is 1.71 bits per heavy atom. The van der Waals surface area contributed by atoms with Gasteiger partial charge in [0.15, 0.2) is 0 Å². The predicted molar refractivity (Wildman–Crippen MR) is 106 cm³/mol. The predicted octanol–water partition coefficient (Wildman–Crippen LogP) is 2.97. The van der Waals surface area contributed by atoms with E-state index in [0.29, 0.717) is 23.5 Å². The summed E-state index contributed by atoms with van der Waals surface area (Å²) in [7, 11) is 0. The van der Waals surface area contributed by atoms with E-state index in [1.165, 1.54) is 0 Å². The third-order valence-electron chi connectivity index (χ3n) is 5.00. The minimum atomic E-state index is -1.37. The standard InChI is InChI=1S/C22H21N3O3/c26-21(25-12-1-2-13-25)17-9-6-15(7-10-17)18-11-8-16-4-3-5-20(24-22(27)28)23-19(16)14-18/h3-4,6-11,14H,1-2,5,12-13H2,(H,23,24)(H,27,28)/p-1. The highest BCUT2D eigenvalue weighted by atomic mass is 16.4. The Kier molecular flexibility index (Phi) is 4.93. The first-order valence-corrected chi connectivity index (χ1v) is 9.36. The average molecular weight is 374 g/mol. The number of nitrogens with one attached hydrogen (secondary N) is 1. The molecular formula is C22H20N3O3-. The smallest absolute Gasteiger partial charge is 0.253 e. The number of nitrogens with zero attached hydrogens (tertiary/aromatic N) is 2. The van der Waals surface area contributed by atoms with E-state index in [4.69, 9.17) is 0 Å². The Morgan fingerprint density at radius 3 is 2.43 bits per heavy atom. The SMILES string of the molecule is O=C([O-])NC1=Nc2cc(-c3ccc(C(=O)N4CCCC4)cc3)ccc2C=CC1. The molecule has 0 saturated carbocycles. The molecule has 6 nitrogen and oxygen atoms in total. The van der Waals surface area contributed by atoms with Crippen LogP contribution < -0.4 is 10.4 Å². The quantitative estimate of drug-likeness (QED) is 0.877. The van der Waals surface area contributed by atoms with Crippen molar-refractivity contribution in [3.8, 4) is 11.1 Å². The topological polar surface area (TPSA) is 84.8 Å². The summed E-state index contributed by atoms with van der Waals surface area (Å²) in [5, 5.41) is 13.0. The van der Waals surface area contributed by atoms with E-state index in [9.17, 15) is 14.7 Å². The summed E-state index contributed by atoms with van der Waals surface area (Å²) in [6.07, 6.45) is 4.95. The summed E-state index contributed by atoms with van der Waals surface area (Å²) in [4.78, 5) is 29.6. The van der Waals surface area contributed by atoms with Gasteiger partial charge in [-0.05, 0) is 47.7 Å². The Hall–Kier alpha value is -3.41. The van der Waals surface area contributed by atoms with Crippen LogP contribution in [0.3, 0.4) is 0 Å². The molecule has 2 aromatic carbocycles. The van der Waals surface area contributed by atoms with Gasteiger partial charge in [-0.1, -0.05) is 36.4 Å². The van der Waals surface area contributed by atoms with E-state index < -0.39 is 6.09 Å². The van der Waals surface area contributed by atoms with Crippen molar-refractivity contribution in [1.29, 1.82) is 0 Å². The molecule has 28 heavy (non-hydrogen) atoms. The lowest BCUT2D eigenvalue weighted by Crippen LogP contribution is -2.40. The van der Waals surface area contributed by atoms with Crippen LogP contribution in [0, 0.1) is 0 Å². The van der Waals surface area contributed by atoms with Crippen LogP contribution in [0.5, 0.6) is 0 Å². The number of carbonyl (C=O) groups excluding carboxylic acids is 2. The number of carbonyl (C=O) groups is 2. The van der Waals surface area contributed by atoms with E-state index in [0.717, 1.165) is 42.6 Å². The third-order valence-corrected chi connectivity index (χ3v) is 5.00. The van der Waals surface area contributed by atoms with Crippen LogP contribution in [0.15, 0.2) is 53.5 Å². The monoisotopic (exact) mass is 374 g/mol. The maximum atomic E-state index is 12.5. The van der Waals surface area contributed by atoms with Gasteiger partial charge in [-0.3, -0.25) is 4.79 Å². The molecule has 0 unspecified atom stereocenters. The Morgan fingerprint density at radius 1 is 1.00 bits per heavy atom. The number of hydrogen-bond acceptors (Lipinski definition) is 4. The van der Waals surface area contributed by atoms with Crippen LogP contribution in [-0.2, 0) is 0 Å². The third kappa shape index (κ3) is 3.81. The molecule has 0 atom stereocenters. The van der Waals surface area contributed by atoms with Crippen LogP contribution in [0.2, 0.25) is 0 Å². The summed E-state index contributed by atoms with van der Waals surface area (Å²) in [5.41, 5.74) is 4.22.